The van der Waals surface area contributed by atoms with E-state index in [1.54, 1.807) is 0 Å². The first kappa shape index (κ1) is 16.0. The second-order valence-corrected chi connectivity index (χ2v) is 6.56. The molecule has 1 N–H and O–H groups in total. The summed E-state index contributed by atoms with van der Waals surface area (Å²) in [5, 5.41) is 9.84. The maximum Gasteiger partial charge on any atom is 0.0628 e. The van der Waals surface area contributed by atoms with Crippen LogP contribution in [-0.4, -0.2) is 53.7 Å². The predicted molar refractivity (Wildman–Crippen MR) is 86.9 cm³/mol. The molecule has 1 fully saturated rings. The molecule has 0 aliphatic carbocycles. The zero-order chi connectivity index (χ0) is 14.5. The highest BCUT2D eigenvalue weighted by Gasteiger charge is 2.29. The second kappa shape index (κ2) is 7.55. The molecule has 3 nitrogen and oxygen atoms in total. The van der Waals surface area contributed by atoms with Gasteiger partial charge >= 0.3 is 0 Å². The second-order valence-electron chi connectivity index (χ2n) is 5.64. The Balaban J connectivity index is 2.09. The van der Waals surface area contributed by atoms with Crippen molar-refractivity contribution in [2.45, 2.75) is 32.4 Å². The number of benzene rings is 1. The molecule has 112 valence electrons. The minimum absolute atomic E-state index is 0.103. The van der Waals surface area contributed by atoms with Crippen molar-refractivity contribution in [2.24, 2.45) is 0 Å². The number of hydrogen-bond acceptors (Lipinski definition) is 3. The summed E-state index contributed by atoms with van der Waals surface area (Å²) in [6, 6.07) is 8.88. The molecular weight excluding hydrogens is 316 g/mol. The van der Waals surface area contributed by atoms with E-state index in [2.05, 4.69) is 51.7 Å². The zero-order valence-electron chi connectivity index (χ0n) is 12.4. The molecule has 0 amide bonds. The van der Waals surface area contributed by atoms with Crippen molar-refractivity contribution in [3.05, 3.63) is 34.3 Å². The van der Waals surface area contributed by atoms with Crippen LogP contribution < -0.4 is 0 Å². The van der Waals surface area contributed by atoms with Crippen LogP contribution in [0.4, 0.5) is 0 Å². The van der Waals surface area contributed by atoms with Crippen LogP contribution in [0.2, 0.25) is 0 Å². The lowest BCUT2D eigenvalue weighted by molar-refractivity contribution is 0.0252. The Hall–Kier alpha value is -0.420. The van der Waals surface area contributed by atoms with E-state index in [0.29, 0.717) is 6.04 Å². The summed E-state index contributed by atoms with van der Waals surface area (Å²) in [6.07, 6.45) is 1.21. The van der Waals surface area contributed by atoms with Crippen molar-refractivity contribution in [3.63, 3.8) is 0 Å². The first-order valence-electron chi connectivity index (χ1n) is 7.50. The van der Waals surface area contributed by atoms with Gasteiger partial charge in [0.1, 0.15) is 0 Å². The van der Waals surface area contributed by atoms with E-state index in [4.69, 9.17) is 0 Å². The quantitative estimate of drug-likeness (QED) is 0.892. The summed E-state index contributed by atoms with van der Waals surface area (Å²) in [6.45, 7) is 9.07. The molecular formula is C16H25BrN2O. The van der Waals surface area contributed by atoms with Gasteiger partial charge in [-0.25, -0.2) is 0 Å². The lowest BCUT2D eigenvalue weighted by atomic mass is 10.0. The molecule has 0 spiro atoms. The summed E-state index contributed by atoms with van der Waals surface area (Å²) in [5.41, 5.74) is 1.19. The minimum atomic E-state index is 0.103. The summed E-state index contributed by atoms with van der Waals surface area (Å²) >= 11 is 3.52. The van der Waals surface area contributed by atoms with E-state index >= 15 is 0 Å². The number of aliphatic hydroxyl groups is 1. The molecule has 0 radical (unpaired) electrons. The Morgan fingerprint density at radius 3 is 2.80 bits per heavy atom. The minimum Gasteiger partial charge on any atom is -0.394 e. The fraction of sp³-hybridized carbons (Fsp3) is 0.625. The standard InChI is InChI=1S/C16H25BrN2O/c1-3-7-18-8-9-19(13(2)11-18)16(12-20)14-5-4-6-15(17)10-14/h4-6,10,13,16,20H,3,7-9,11-12H2,1-2H3. The number of aliphatic hydroxyl groups excluding tert-OH is 1. The Kier molecular flexibility index (Phi) is 6.02. The van der Waals surface area contributed by atoms with Crippen LogP contribution in [0.1, 0.15) is 31.9 Å². The molecule has 2 atom stereocenters. The Morgan fingerprint density at radius 2 is 2.20 bits per heavy atom. The van der Waals surface area contributed by atoms with E-state index in [1.807, 2.05) is 12.1 Å². The van der Waals surface area contributed by atoms with Crippen LogP contribution in [0.5, 0.6) is 0 Å². The van der Waals surface area contributed by atoms with E-state index in [9.17, 15) is 5.11 Å². The summed E-state index contributed by atoms with van der Waals surface area (Å²) in [5.74, 6) is 0. The van der Waals surface area contributed by atoms with Crippen molar-refractivity contribution in [1.29, 1.82) is 0 Å². The molecule has 4 heteroatoms. The third kappa shape index (κ3) is 3.82. The molecule has 1 aliphatic heterocycles. The maximum absolute atomic E-state index is 9.84. The lowest BCUT2D eigenvalue weighted by Crippen LogP contribution is -2.53. The molecule has 1 aromatic rings. The molecule has 1 aromatic carbocycles. The summed E-state index contributed by atoms with van der Waals surface area (Å²) in [7, 11) is 0. The lowest BCUT2D eigenvalue weighted by Gasteiger charge is -2.43. The zero-order valence-corrected chi connectivity index (χ0v) is 14.0. The monoisotopic (exact) mass is 340 g/mol. The van der Waals surface area contributed by atoms with Gasteiger partial charge in [-0.2, -0.15) is 0 Å². The molecule has 2 unspecified atom stereocenters. The molecule has 1 saturated heterocycles. The first-order valence-corrected chi connectivity index (χ1v) is 8.29. The van der Waals surface area contributed by atoms with Gasteiger partial charge < -0.3 is 10.0 Å². The number of hydrogen-bond donors (Lipinski definition) is 1. The van der Waals surface area contributed by atoms with Crippen LogP contribution in [0, 0.1) is 0 Å². The van der Waals surface area contributed by atoms with Crippen molar-refractivity contribution in [1.82, 2.24) is 9.80 Å². The molecule has 0 aromatic heterocycles. The topological polar surface area (TPSA) is 26.7 Å². The third-order valence-electron chi connectivity index (χ3n) is 4.11. The van der Waals surface area contributed by atoms with Gasteiger partial charge in [-0.3, -0.25) is 4.90 Å². The van der Waals surface area contributed by atoms with Crippen molar-refractivity contribution < 1.29 is 5.11 Å². The molecule has 0 bridgehead atoms. The van der Waals surface area contributed by atoms with Crippen LogP contribution in [-0.2, 0) is 0 Å². The molecule has 1 aliphatic rings. The molecule has 1 heterocycles. The highest BCUT2D eigenvalue weighted by Crippen LogP contribution is 2.27. The van der Waals surface area contributed by atoms with Gasteiger partial charge in [-0.05, 0) is 37.6 Å². The first-order chi connectivity index (χ1) is 9.65. The van der Waals surface area contributed by atoms with Gasteiger partial charge in [0.2, 0.25) is 0 Å². The average molecular weight is 341 g/mol. The van der Waals surface area contributed by atoms with Gasteiger partial charge in [0.05, 0.1) is 12.6 Å². The van der Waals surface area contributed by atoms with Gasteiger partial charge in [-0.1, -0.05) is 35.0 Å². The van der Waals surface area contributed by atoms with Crippen LogP contribution in [0.25, 0.3) is 0 Å². The van der Waals surface area contributed by atoms with E-state index in [1.165, 1.54) is 18.5 Å². The van der Waals surface area contributed by atoms with Gasteiger partial charge in [0.25, 0.3) is 0 Å². The van der Waals surface area contributed by atoms with Crippen LogP contribution in [0.15, 0.2) is 28.7 Å². The summed E-state index contributed by atoms with van der Waals surface area (Å²) in [4.78, 5) is 4.96. The van der Waals surface area contributed by atoms with E-state index < -0.39 is 0 Å². The summed E-state index contributed by atoms with van der Waals surface area (Å²) < 4.78 is 1.07. The predicted octanol–water partition coefficient (Wildman–Crippen LogP) is 2.90. The third-order valence-corrected chi connectivity index (χ3v) is 4.60. The SMILES string of the molecule is CCCN1CCN(C(CO)c2cccc(Br)c2)C(C)C1. The van der Waals surface area contributed by atoms with Gasteiger partial charge in [-0.15, -0.1) is 0 Å². The highest BCUT2D eigenvalue weighted by molar-refractivity contribution is 9.10. The normalized spacial score (nSPS) is 22.9. The average Bonchev–Trinajstić information content (AvgIpc) is 2.42. The van der Waals surface area contributed by atoms with Crippen molar-refractivity contribution in [3.8, 4) is 0 Å². The largest absolute Gasteiger partial charge is 0.394 e. The van der Waals surface area contributed by atoms with Crippen molar-refractivity contribution >= 4 is 15.9 Å². The smallest absolute Gasteiger partial charge is 0.0628 e. The fourth-order valence-electron chi connectivity index (χ4n) is 3.15. The van der Waals surface area contributed by atoms with E-state index in [0.717, 1.165) is 24.1 Å². The number of rotatable bonds is 5. The van der Waals surface area contributed by atoms with Crippen LogP contribution >= 0.6 is 15.9 Å². The maximum atomic E-state index is 9.84. The van der Waals surface area contributed by atoms with Crippen LogP contribution in [0.3, 0.4) is 0 Å². The number of piperazine rings is 1. The van der Waals surface area contributed by atoms with E-state index in [-0.39, 0.29) is 12.6 Å². The fourth-order valence-corrected chi connectivity index (χ4v) is 3.56. The highest BCUT2D eigenvalue weighted by atomic mass is 79.9. The van der Waals surface area contributed by atoms with Gasteiger partial charge in [0, 0.05) is 30.1 Å². The Bertz CT molecular complexity index is 427. The number of halogens is 1. The molecule has 2 rings (SSSR count). The molecule has 0 saturated carbocycles. The molecule has 20 heavy (non-hydrogen) atoms. The van der Waals surface area contributed by atoms with Crippen molar-refractivity contribution in [2.75, 3.05) is 32.8 Å². The Labute approximate surface area is 130 Å². The van der Waals surface area contributed by atoms with Gasteiger partial charge in [0.15, 0.2) is 0 Å². The Morgan fingerprint density at radius 1 is 1.40 bits per heavy atom. The number of nitrogens with zero attached hydrogens (tertiary/aromatic N) is 2.